The molecule has 3 heteroatoms. The van der Waals surface area contributed by atoms with Crippen molar-refractivity contribution in [3.05, 3.63) is 35.9 Å². The highest BCUT2D eigenvalue weighted by Crippen LogP contribution is 2.37. The van der Waals surface area contributed by atoms with E-state index in [2.05, 4.69) is 24.4 Å². The summed E-state index contributed by atoms with van der Waals surface area (Å²) in [4.78, 5) is 11.8. The predicted octanol–water partition coefficient (Wildman–Crippen LogP) is 2.61. The average molecular weight is 252 g/mol. The van der Waals surface area contributed by atoms with Crippen molar-refractivity contribution in [3.63, 3.8) is 0 Å². The zero-order chi connectivity index (χ0) is 12.3. The Bertz CT molecular complexity index is 379. The second-order valence-electron chi connectivity index (χ2n) is 4.87. The first-order valence-corrected chi connectivity index (χ1v) is 6.64. The van der Waals surface area contributed by atoms with Crippen LogP contribution in [0.3, 0.4) is 0 Å². The van der Waals surface area contributed by atoms with Crippen LogP contribution in [0, 0.1) is 11.8 Å². The molecule has 1 N–H and O–H groups in total. The first kappa shape index (κ1) is 12.4. The molecule has 0 aliphatic heterocycles. The summed E-state index contributed by atoms with van der Waals surface area (Å²) in [6.45, 7) is 2.11. The molecular formula is C14H18ClNO. The Morgan fingerprint density at radius 1 is 1.47 bits per heavy atom. The van der Waals surface area contributed by atoms with Gasteiger partial charge in [0.25, 0.3) is 0 Å². The van der Waals surface area contributed by atoms with Crippen LogP contribution in [0.25, 0.3) is 0 Å². The number of halogens is 1. The lowest BCUT2D eigenvalue weighted by atomic mass is 10.1. The van der Waals surface area contributed by atoms with Gasteiger partial charge in [0.15, 0.2) is 0 Å². The van der Waals surface area contributed by atoms with Gasteiger partial charge in [-0.25, -0.2) is 0 Å². The van der Waals surface area contributed by atoms with Crippen molar-refractivity contribution in [2.45, 2.75) is 25.8 Å². The molecule has 17 heavy (non-hydrogen) atoms. The average Bonchev–Trinajstić information content (AvgIpc) is 3.07. The summed E-state index contributed by atoms with van der Waals surface area (Å²) >= 11 is 5.91. The molecular weight excluding hydrogens is 234 g/mol. The molecule has 0 heterocycles. The van der Waals surface area contributed by atoms with Crippen molar-refractivity contribution >= 4 is 17.5 Å². The van der Waals surface area contributed by atoms with Crippen LogP contribution in [0.2, 0.25) is 0 Å². The highest BCUT2D eigenvalue weighted by molar-refractivity contribution is 6.18. The number of nitrogens with one attached hydrogen (secondary N) is 1. The molecule has 0 saturated heterocycles. The lowest BCUT2D eigenvalue weighted by Gasteiger charge is -2.16. The molecule has 1 aromatic carbocycles. The molecule has 3 atom stereocenters. The molecule has 3 unspecified atom stereocenters. The first-order valence-electron chi connectivity index (χ1n) is 6.11. The molecule has 1 amide bonds. The van der Waals surface area contributed by atoms with Crippen LogP contribution < -0.4 is 5.32 Å². The fourth-order valence-corrected chi connectivity index (χ4v) is 2.22. The van der Waals surface area contributed by atoms with Crippen molar-refractivity contribution in [1.29, 1.82) is 0 Å². The summed E-state index contributed by atoms with van der Waals surface area (Å²) < 4.78 is 0. The Balaban J connectivity index is 1.86. The maximum atomic E-state index is 11.8. The zero-order valence-corrected chi connectivity index (χ0v) is 10.8. The second-order valence-corrected chi connectivity index (χ2v) is 5.18. The summed E-state index contributed by atoms with van der Waals surface area (Å²) in [6.07, 6.45) is 1.82. The number of carbonyl (C=O) groups is 1. The molecule has 1 aliphatic rings. The van der Waals surface area contributed by atoms with Crippen molar-refractivity contribution in [3.8, 4) is 0 Å². The van der Waals surface area contributed by atoms with E-state index < -0.39 is 0 Å². The molecule has 0 radical (unpaired) electrons. The summed E-state index contributed by atoms with van der Waals surface area (Å²) in [6, 6.07) is 10.2. The van der Waals surface area contributed by atoms with Crippen LogP contribution in [-0.2, 0) is 11.2 Å². The van der Waals surface area contributed by atoms with Gasteiger partial charge in [-0.2, -0.15) is 0 Å². The minimum atomic E-state index is 0.0411. The van der Waals surface area contributed by atoms with Gasteiger partial charge >= 0.3 is 0 Å². The van der Waals surface area contributed by atoms with Crippen LogP contribution in [0.1, 0.15) is 18.9 Å². The fraction of sp³-hybridized carbons (Fsp3) is 0.500. The second kappa shape index (κ2) is 5.54. The van der Waals surface area contributed by atoms with E-state index in [9.17, 15) is 4.79 Å². The van der Waals surface area contributed by atoms with Crippen molar-refractivity contribution < 1.29 is 4.79 Å². The van der Waals surface area contributed by atoms with E-state index in [1.54, 1.807) is 0 Å². The van der Waals surface area contributed by atoms with Crippen molar-refractivity contribution in [2.75, 3.05) is 5.88 Å². The molecule has 1 fully saturated rings. The maximum Gasteiger partial charge on any atom is 0.223 e. The minimum absolute atomic E-state index is 0.0411. The molecule has 2 rings (SSSR count). The molecule has 1 aromatic rings. The van der Waals surface area contributed by atoms with Gasteiger partial charge in [-0.15, -0.1) is 11.6 Å². The fourth-order valence-electron chi connectivity index (χ4n) is 2.04. The first-order chi connectivity index (χ1) is 8.20. The topological polar surface area (TPSA) is 29.1 Å². The van der Waals surface area contributed by atoms with E-state index in [-0.39, 0.29) is 17.9 Å². The van der Waals surface area contributed by atoms with Gasteiger partial charge < -0.3 is 5.32 Å². The van der Waals surface area contributed by atoms with Gasteiger partial charge in [0.05, 0.1) is 0 Å². The van der Waals surface area contributed by atoms with E-state index in [4.69, 9.17) is 11.6 Å². The Morgan fingerprint density at radius 2 is 2.12 bits per heavy atom. The van der Waals surface area contributed by atoms with Gasteiger partial charge in [-0.05, 0) is 24.3 Å². The normalized spacial score (nSPS) is 24.1. The molecule has 1 aliphatic carbocycles. The Morgan fingerprint density at radius 3 is 2.65 bits per heavy atom. The SMILES string of the molecule is CC1CC1C(=O)NC(CCl)Cc1ccccc1. The quantitative estimate of drug-likeness (QED) is 0.801. The zero-order valence-electron chi connectivity index (χ0n) is 10.0. The van der Waals surface area contributed by atoms with Gasteiger partial charge in [-0.1, -0.05) is 37.3 Å². The predicted molar refractivity (Wildman–Crippen MR) is 70.1 cm³/mol. The lowest BCUT2D eigenvalue weighted by molar-refractivity contribution is -0.123. The highest BCUT2D eigenvalue weighted by Gasteiger charge is 2.39. The number of benzene rings is 1. The number of alkyl halides is 1. The van der Waals surface area contributed by atoms with E-state index in [0.717, 1.165) is 12.8 Å². The van der Waals surface area contributed by atoms with E-state index in [0.29, 0.717) is 11.8 Å². The molecule has 1 saturated carbocycles. The molecule has 0 aromatic heterocycles. The maximum absolute atomic E-state index is 11.8. The summed E-state index contributed by atoms with van der Waals surface area (Å²) in [5, 5.41) is 3.04. The Kier molecular flexibility index (Phi) is 4.06. The number of hydrogen-bond acceptors (Lipinski definition) is 1. The number of hydrogen-bond donors (Lipinski definition) is 1. The Labute approximate surface area is 107 Å². The Hall–Kier alpha value is -1.02. The third-order valence-electron chi connectivity index (χ3n) is 3.30. The summed E-state index contributed by atoms with van der Waals surface area (Å²) in [5.41, 5.74) is 1.21. The third-order valence-corrected chi connectivity index (χ3v) is 3.68. The van der Waals surface area contributed by atoms with Crippen molar-refractivity contribution in [2.24, 2.45) is 11.8 Å². The largest absolute Gasteiger partial charge is 0.352 e. The summed E-state index contributed by atoms with van der Waals surface area (Å²) in [5.74, 6) is 1.39. The van der Waals surface area contributed by atoms with Gasteiger partial charge in [0, 0.05) is 17.8 Å². The van der Waals surface area contributed by atoms with Gasteiger partial charge in [-0.3, -0.25) is 4.79 Å². The standard InChI is InChI=1S/C14H18ClNO/c1-10-7-13(10)14(17)16-12(9-15)8-11-5-3-2-4-6-11/h2-6,10,12-13H,7-9H2,1H3,(H,16,17). The third kappa shape index (κ3) is 3.47. The minimum Gasteiger partial charge on any atom is -0.352 e. The number of carbonyl (C=O) groups excluding carboxylic acids is 1. The lowest BCUT2D eigenvalue weighted by Crippen LogP contribution is -2.38. The summed E-state index contributed by atoms with van der Waals surface area (Å²) in [7, 11) is 0. The van der Waals surface area contributed by atoms with E-state index in [1.807, 2.05) is 18.2 Å². The monoisotopic (exact) mass is 251 g/mol. The van der Waals surface area contributed by atoms with Crippen LogP contribution in [-0.4, -0.2) is 17.8 Å². The molecule has 0 bridgehead atoms. The molecule has 92 valence electrons. The molecule has 0 spiro atoms. The van der Waals surface area contributed by atoms with Crippen LogP contribution in [0.4, 0.5) is 0 Å². The van der Waals surface area contributed by atoms with Crippen molar-refractivity contribution in [1.82, 2.24) is 5.32 Å². The van der Waals surface area contributed by atoms with Crippen LogP contribution in [0.5, 0.6) is 0 Å². The van der Waals surface area contributed by atoms with Gasteiger partial charge in [0.1, 0.15) is 0 Å². The molecule has 2 nitrogen and oxygen atoms in total. The van der Waals surface area contributed by atoms with Crippen LogP contribution >= 0.6 is 11.6 Å². The van der Waals surface area contributed by atoms with E-state index in [1.165, 1.54) is 5.56 Å². The highest BCUT2D eigenvalue weighted by atomic mass is 35.5. The number of amides is 1. The van der Waals surface area contributed by atoms with Gasteiger partial charge in [0.2, 0.25) is 5.91 Å². The smallest absolute Gasteiger partial charge is 0.223 e. The van der Waals surface area contributed by atoms with Crippen LogP contribution in [0.15, 0.2) is 30.3 Å². The van der Waals surface area contributed by atoms with E-state index >= 15 is 0 Å². The number of rotatable bonds is 5.